The molecule has 0 radical (unpaired) electrons. The highest BCUT2D eigenvalue weighted by molar-refractivity contribution is 8.68. The maximum atomic E-state index is 4.88. The summed E-state index contributed by atoms with van der Waals surface area (Å²) < 4.78 is 4.88. The van der Waals surface area contributed by atoms with E-state index in [4.69, 9.17) is 4.74 Å². The quantitative estimate of drug-likeness (QED) is 0.374. The molecule has 0 aromatic carbocycles. The van der Waals surface area contributed by atoms with Crippen molar-refractivity contribution < 1.29 is 4.74 Å². The van der Waals surface area contributed by atoms with Gasteiger partial charge in [-0.2, -0.15) is 0 Å². The highest BCUT2D eigenvalue weighted by Gasteiger charge is 1.93. The van der Waals surface area contributed by atoms with Crippen molar-refractivity contribution in [2.24, 2.45) is 0 Å². The van der Waals surface area contributed by atoms with E-state index in [-0.39, 0.29) is 0 Å². The standard InChI is InChI=1S/C5H13NOS2/c1-6(5-9-8)3-4-7-2/h8H,3-5H2,1-2H3. The molecule has 4 heteroatoms. The van der Waals surface area contributed by atoms with E-state index in [2.05, 4.69) is 16.6 Å². The summed E-state index contributed by atoms with van der Waals surface area (Å²) in [6.07, 6.45) is 0. The van der Waals surface area contributed by atoms with Gasteiger partial charge in [0.05, 0.1) is 12.5 Å². The lowest BCUT2D eigenvalue weighted by Crippen LogP contribution is -2.21. The van der Waals surface area contributed by atoms with Gasteiger partial charge in [0.25, 0.3) is 0 Å². The Morgan fingerprint density at radius 3 is 2.78 bits per heavy atom. The van der Waals surface area contributed by atoms with E-state index in [1.807, 2.05) is 7.05 Å². The van der Waals surface area contributed by atoms with Crippen molar-refractivity contribution >= 4 is 22.5 Å². The highest BCUT2D eigenvalue weighted by atomic mass is 33.1. The molecule has 2 nitrogen and oxygen atoms in total. The third kappa shape index (κ3) is 6.51. The van der Waals surface area contributed by atoms with Crippen LogP contribution in [0.5, 0.6) is 0 Å². The van der Waals surface area contributed by atoms with Crippen LogP contribution in [0.15, 0.2) is 0 Å². The van der Waals surface area contributed by atoms with Crippen molar-refractivity contribution in [1.29, 1.82) is 0 Å². The summed E-state index contributed by atoms with van der Waals surface area (Å²) in [5.41, 5.74) is 0. The molecule has 0 aliphatic heterocycles. The summed E-state index contributed by atoms with van der Waals surface area (Å²) in [5.74, 6) is 0.951. The molecule has 0 fully saturated rings. The molecular weight excluding hydrogens is 154 g/mol. The summed E-state index contributed by atoms with van der Waals surface area (Å²) in [4.78, 5) is 2.15. The Labute approximate surface area is 65.8 Å². The smallest absolute Gasteiger partial charge is 0.0589 e. The summed E-state index contributed by atoms with van der Waals surface area (Å²) in [7, 11) is 5.28. The van der Waals surface area contributed by atoms with Crippen molar-refractivity contribution in [3.8, 4) is 0 Å². The molecule has 0 heterocycles. The van der Waals surface area contributed by atoms with E-state index in [9.17, 15) is 0 Å². The van der Waals surface area contributed by atoms with Gasteiger partial charge in [-0.05, 0) is 7.05 Å². The molecule has 0 aromatic rings. The number of likely N-dealkylation sites (N-methyl/N-ethyl adjacent to an activating group) is 1. The second kappa shape index (κ2) is 6.74. The zero-order valence-corrected chi connectivity index (χ0v) is 7.54. The summed E-state index contributed by atoms with van der Waals surface area (Å²) >= 11 is 4.02. The molecule has 0 amide bonds. The minimum absolute atomic E-state index is 0.796. The first kappa shape index (κ1) is 9.62. The second-order valence-corrected chi connectivity index (χ2v) is 3.12. The largest absolute Gasteiger partial charge is 0.383 e. The van der Waals surface area contributed by atoms with Gasteiger partial charge in [-0.15, -0.1) is 11.7 Å². The van der Waals surface area contributed by atoms with Crippen LogP contribution >= 0.6 is 22.5 Å². The van der Waals surface area contributed by atoms with Gasteiger partial charge in [0.15, 0.2) is 0 Å². The Hall–Kier alpha value is 0.620. The van der Waals surface area contributed by atoms with Crippen molar-refractivity contribution in [2.45, 2.75) is 0 Å². The first-order valence-corrected chi connectivity index (χ1v) is 4.79. The third-order valence-electron chi connectivity index (χ3n) is 0.955. The fourth-order valence-corrected chi connectivity index (χ4v) is 1.33. The van der Waals surface area contributed by atoms with Gasteiger partial charge in [0.1, 0.15) is 0 Å². The van der Waals surface area contributed by atoms with Crippen LogP contribution in [0, 0.1) is 0 Å². The Morgan fingerprint density at radius 1 is 1.67 bits per heavy atom. The van der Waals surface area contributed by atoms with Crippen LogP contribution in [0.25, 0.3) is 0 Å². The molecule has 0 unspecified atom stereocenters. The number of thiol groups is 1. The predicted molar refractivity (Wildman–Crippen MR) is 46.0 cm³/mol. The predicted octanol–water partition coefficient (Wildman–Crippen LogP) is 1.10. The molecule has 0 aliphatic carbocycles. The summed E-state index contributed by atoms with van der Waals surface area (Å²) in [6, 6.07) is 0. The second-order valence-electron chi connectivity index (χ2n) is 1.83. The van der Waals surface area contributed by atoms with Crippen molar-refractivity contribution in [2.75, 3.05) is 33.2 Å². The number of hydrogen-bond donors (Lipinski definition) is 1. The average molecular weight is 167 g/mol. The molecule has 56 valence electrons. The van der Waals surface area contributed by atoms with E-state index in [0.29, 0.717) is 0 Å². The van der Waals surface area contributed by atoms with E-state index < -0.39 is 0 Å². The Bertz CT molecular complexity index is 62.9. The maximum Gasteiger partial charge on any atom is 0.0589 e. The highest BCUT2D eigenvalue weighted by Crippen LogP contribution is 2.05. The molecule has 0 spiro atoms. The fourth-order valence-electron chi connectivity index (χ4n) is 0.410. The molecule has 0 bridgehead atoms. The van der Waals surface area contributed by atoms with E-state index in [1.165, 1.54) is 10.8 Å². The minimum Gasteiger partial charge on any atom is -0.383 e. The normalized spacial score (nSPS) is 10.7. The van der Waals surface area contributed by atoms with E-state index in [0.717, 1.165) is 19.0 Å². The van der Waals surface area contributed by atoms with Gasteiger partial charge in [-0.3, -0.25) is 4.90 Å². The van der Waals surface area contributed by atoms with Crippen molar-refractivity contribution in [3.05, 3.63) is 0 Å². The van der Waals surface area contributed by atoms with Crippen LogP contribution in [-0.2, 0) is 4.74 Å². The molecule has 9 heavy (non-hydrogen) atoms. The van der Waals surface area contributed by atoms with Crippen LogP contribution < -0.4 is 0 Å². The number of nitrogens with zero attached hydrogens (tertiary/aromatic N) is 1. The number of hydrogen-bond acceptors (Lipinski definition) is 4. The van der Waals surface area contributed by atoms with Crippen molar-refractivity contribution in [1.82, 2.24) is 4.90 Å². The Morgan fingerprint density at radius 2 is 2.33 bits per heavy atom. The zero-order chi connectivity index (χ0) is 7.11. The van der Waals surface area contributed by atoms with Gasteiger partial charge >= 0.3 is 0 Å². The van der Waals surface area contributed by atoms with Crippen LogP contribution in [0.4, 0.5) is 0 Å². The zero-order valence-electron chi connectivity index (χ0n) is 5.83. The molecule has 0 saturated heterocycles. The molecule has 0 rings (SSSR count). The van der Waals surface area contributed by atoms with Crippen LogP contribution in [0.3, 0.4) is 0 Å². The molecule has 0 atom stereocenters. The lowest BCUT2D eigenvalue weighted by molar-refractivity contribution is 0.170. The lowest BCUT2D eigenvalue weighted by atomic mass is 10.6. The summed E-state index contributed by atoms with van der Waals surface area (Å²) in [6.45, 7) is 1.77. The molecule has 0 N–H and O–H groups in total. The Balaban J connectivity index is 2.95. The molecular formula is C5H13NOS2. The Kier molecular flexibility index (Phi) is 7.20. The number of ether oxygens (including phenoxy) is 1. The summed E-state index contributed by atoms with van der Waals surface area (Å²) in [5, 5.41) is 0. The molecule has 0 aromatic heterocycles. The third-order valence-corrected chi connectivity index (χ3v) is 1.86. The van der Waals surface area contributed by atoms with Gasteiger partial charge in [0.2, 0.25) is 0 Å². The maximum absolute atomic E-state index is 4.88. The number of methoxy groups -OCH3 is 1. The number of rotatable bonds is 5. The first-order chi connectivity index (χ1) is 4.31. The fraction of sp³-hybridized carbons (Fsp3) is 1.00. The van der Waals surface area contributed by atoms with E-state index >= 15 is 0 Å². The molecule has 0 aliphatic rings. The van der Waals surface area contributed by atoms with Crippen LogP contribution in [0.2, 0.25) is 0 Å². The first-order valence-electron chi connectivity index (χ1n) is 2.75. The monoisotopic (exact) mass is 167 g/mol. The SMILES string of the molecule is COCCN(C)CSS. The lowest BCUT2D eigenvalue weighted by Gasteiger charge is -2.12. The van der Waals surface area contributed by atoms with Crippen molar-refractivity contribution in [3.63, 3.8) is 0 Å². The van der Waals surface area contributed by atoms with Gasteiger partial charge in [0, 0.05) is 13.7 Å². The van der Waals surface area contributed by atoms with Gasteiger partial charge in [-0.25, -0.2) is 0 Å². The van der Waals surface area contributed by atoms with E-state index in [1.54, 1.807) is 7.11 Å². The molecule has 0 saturated carbocycles. The average Bonchev–Trinajstić information content (AvgIpc) is 1.85. The van der Waals surface area contributed by atoms with Crippen LogP contribution in [-0.4, -0.2) is 38.1 Å². The van der Waals surface area contributed by atoms with Gasteiger partial charge in [-0.1, -0.05) is 10.8 Å². The van der Waals surface area contributed by atoms with Crippen LogP contribution in [0.1, 0.15) is 0 Å². The van der Waals surface area contributed by atoms with Gasteiger partial charge < -0.3 is 4.74 Å². The minimum atomic E-state index is 0.796. The topological polar surface area (TPSA) is 12.5 Å².